The van der Waals surface area contributed by atoms with Crippen molar-refractivity contribution in [3.63, 3.8) is 0 Å². The molecule has 1 aliphatic rings. The molecule has 1 unspecified atom stereocenters. The molecule has 106 valence electrons. The van der Waals surface area contributed by atoms with Gasteiger partial charge in [0.2, 0.25) is 0 Å². The van der Waals surface area contributed by atoms with Crippen LogP contribution in [0.15, 0.2) is 16.6 Å². The predicted molar refractivity (Wildman–Crippen MR) is 67.3 cm³/mol. The minimum Gasteiger partial charge on any atom is -0.495 e. The maximum absolute atomic E-state index is 13.0. The first kappa shape index (κ1) is 14.6. The zero-order valence-electron chi connectivity index (χ0n) is 10.2. The van der Waals surface area contributed by atoms with E-state index >= 15 is 0 Å². The molecule has 1 atom stereocenters. The summed E-state index contributed by atoms with van der Waals surface area (Å²) in [6.07, 6.45) is -4.84. The van der Waals surface area contributed by atoms with E-state index in [0.717, 1.165) is 6.07 Å². The van der Waals surface area contributed by atoms with Gasteiger partial charge in [0.1, 0.15) is 5.75 Å². The number of alkyl halides is 3. The molecule has 1 N–H and O–H groups in total. The molecule has 0 amide bonds. The van der Waals surface area contributed by atoms with E-state index in [1.807, 2.05) is 0 Å². The fourth-order valence-electron chi connectivity index (χ4n) is 2.00. The average molecular weight is 340 g/mol. The molecule has 1 saturated heterocycles. The van der Waals surface area contributed by atoms with Crippen LogP contribution in [0.5, 0.6) is 5.75 Å². The van der Waals surface area contributed by atoms with Crippen LogP contribution in [0.4, 0.5) is 13.2 Å². The van der Waals surface area contributed by atoms with Gasteiger partial charge in [-0.05, 0) is 33.6 Å². The first-order chi connectivity index (χ1) is 8.93. The molecule has 1 fully saturated rings. The molecule has 7 heteroatoms. The van der Waals surface area contributed by atoms with Gasteiger partial charge in [-0.15, -0.1) is 0 Å². The molecule has 0 spiro atoms. The normalized spacial score (nSPS) is 20.4. The number of hydrogen-bond donors (Lipinski definition) is 1. The quantitative estimate of drug-likeness (QED) is 0.897. The van der Waals surface area contributed by atoms with Crippen LogP contribution in [0, 0.1) is 0 Å². The summed E-state index contributed by atoms with van der Waals surface area (Å²) in [5.41, 5.74) is -0.319. The monoisotopic (exact) mass is 339 g/mol. The van der Waals surface area contributed by atoms with E-state index in [9.17, 15) is 13.2 Å². The van der Waals surface area contributed by atoms with Crippen molar-refractivity contribution in [1.29, 1.82) is 0 Å². The Bertz CT molecular complexity index is 459. The number of nitrogens with one attached hydrogen (secondary N) is 1. The second kappa shape index (κ2) is 5.68. The van der Waals surface area contributed by atoms with Crippen molar-refractivity contribution in [2.45, 2.75) is 12.3 Å². The lowest BCUT2D eigenvalue weighted by Gasteiger charge is -2.25. The fraction of sp³-hybridized carbons (Fsp3) is 0.500. The number of benzene rings is 1. The Morgan fingerprint density at radius 3 is 2.68 bits per heavy atom. The predicted octanol–water partition coefficient (Wildman–Crippen LogP) is 3.14. The molecule has 3 nitrogen and oxygen atoms in total. The van der Waals surface area contributed by atoms with E-state index in [-0.39, 0.29) is 16.3 Å². The van der Waals surface area contributed by atoms with Crippen molar-refractivity contribution in [2.24, 2.45) is 0 Å². The molecule has 0 bridgehead atoms. The lowest BCUT2D eigenvalue weighted by atomic mass is 10.0. The first-order valence-electron chi connectivity index (χ1n) is 5.70. The van der Waals surface area contributed by atoms with Gasteiger partial charge in [0.25, 0.3) is 0 Å². The zero-order chi connectivity index (χ0) is 14.0. The molecule has 1 heterocycles. The lowest BCUT2D eigenvalue weighted by molar-refractivity contribution is -0.139. The van der Waals surface area contributed by atoms with Crippen LogP contribution in [-0.4, -0.2) is 26.8 Å². The van der Waals surface area contributed by atoms with Gasteiger partial charge in [0.05, 0.1) is 29.9 Å². The van der Waals surface area contributed by atoms with Crippen molar-refractivity contribution in [2.75, 3.05) is 26.8 Å². The van der Waals surface area contributed by atoms with E-state index in [0.29, 0.717) is 25.3 Å². The summed E-state index contributed by atoms with van der Waals surface area (Å²) in [5, 5.41) is 3.09. The number of halogens is 4. The molecular weight excluding hydrogens is 327 g/mol. The van der Waals surface area contributed by atoms with E-state index in [4.69, 9.17) is 9.47 Å². The highest BCUT2D eigenvalue weighted by Crippen LogP contribution is 2.42. The smallest absolute Gasteiger partial charge is 0.420 e. The minimum absolute atomic E-state index is 0.208. The number of ether oxygens (including phenoxy) is 2. The van der Waals surface area contributed by atoms with Gasteiger partial charge in [0, 0.05) is 13.1 Å². The summed E-state index contributed by atoms with van der Waals surface area (Å²) in [7, 11) is 1.22. The topological polar surface area (TPSA) is 30.5 Å². The summed E-state index contributed by atoms with van der Waals surface area (Å²) >= 11 is 3.12. The van der Waals surface area contributed by atoms with Gasteiger partial charge < -0.3 is 14.8 Å². The van der Waals surface area contributed by atoms with Crippen LogP contribution >= 0.6 is 15.9 Å². The number of methoxy groups -OCH3 is 1. The Morgan fingerprint density at radius 2 is 2.16 bits per heavy atom. The van der Waals surface area contributed by atoms with E-state index in [1.54, 1.807) is 6.07 Å². The van der Waals surface area contributed by atoms with Crippen LogP contribution in [0.3, 0.4) is 0 Å². The number of hydrogen-bond acceptors (Lipinski definition) is 3. The molecule has 1 aromatic rings. The molecular formula is C12H13BrF3NO2. The van der Waals surface area contributed by atoms with Crippen molar-refractivity contribution in [3.05, 3.63) is 27.7 Å². The molecule has 0 radical (unpaired) electrons. The van der Waals surface area contributed by atoms with E-state index in [1.165, 1.54) is 7.11 Å². The van der Waals surface area contributed by atoms with Crippen molar-refractivity contribution < 1.29 is 22.6 Å². The van der Waals surface area contributed by atoms with Gasteiger partial charge in [-0.1, -0.05) is 0 Å². The first-order valence-corrected chi connectivity index (χ1v) is 6.49. The molecule has 19 heavy (non-hydrogen) atoms. The second-order valence-corrected chi connectivity index (χ2v) is 5.00. The summed E-state index contributed by atoms with van der Waals surface area (Å²) < 4.78 is 49.6. The molecule has 0 aliphatic carbocycles. The van der Waals surface area contributed by atoms with Crippen molar-refractivity contribution >= 4 is 15.9 Å². The Labute approximate surface area is 117 Å². The highest BCUT2D eigenvalue weighted by atomic mass is 79.9. The second-order valence-electron chi connectivity index (χ2n) is 4.14. The third-order valence-corrected chi connectivity index (χ3v) is 3.46. The van der Waals surface area contributed by atoms with Gasteiger partial charge in [-0.2, -0.15) is 13.2 Å². The van der Waals surface area contributed by atoms with Crippen LogP contribution in [-0.2, 0) is 10.9 Å². The molecule has 0 saturated carbocycles. The Hall–Kier alpha value is -0.790. The molecule has 1 aromatic carbocycles. The van der Waals surface area contributed by atoms with E-state index in [2.05, 4.69) is 21.2 Å². The van der Waals surface area contributed by atoms with Crippen molar-refractivity contribution in [3.8, 4) is 5.75 Å². The zero-order valence-corrected chi connectivity index (χ0v) is 11.8. The number of rotatable bonds is 2. The maximum atomic E-state index is 13.0. The van der Waals surface area contributed by atoms with Crippen LogP contribution in [0.2, 0.25) is 0 Å². The van der Waals surface area contributed by atoms with Gasteiger partial charge in [0.15, 0.2) is 0 Å². The fourth-order valence-corrected chi connectivity index (χ4v) is 2.64. The molecule has 2 rings (SSSR count). The van der Waals surface area contributed by atoms with Crippen molar-refractivity contribution in [1.82, 2.24) is 5.32 Å². The average Bonchev–Trinajstić information content (AvgIpc) is 2.37. The Balaban J connectivity index is 2.43. The molecule has 1 aliphatic heterocycles. The third kappa shape index (κ3) is 3.21. The Morgan fingerprint density at radius 1 is 1.42 bits per heavy atom. The van der Waals surface area contributed by atoms with Crippen LogP contribution in [0.1, 0.15) is 17.2 Å². The summed E-state index contributed by atoms with van der Waals surface area (Å²) in [5.74, 6) is -0.208. The standard InChI is InChI=1S/C12H13BrF3NO2/c1-18-11-8(12(14,15)16)4-7(5-9(11)13)10-6-17-2-3-19-10/h4-5,10,17H,2-3,6H2,1H3. The molecule has 0 aromatic heterocycles. The summed E-state index contributed by atoms with van der Waals surface area (Å²) in [4.78, 5) is 0. The third-order valence-electron chi connectivity index (χ3n) is 2.87. The summed E-state index contributed by atoms with van der Waals surface area (Å²) in [6, 6.07) is 2.69. The highest BCUT2D eigenvalue weighted by Gasteiger charge is 2.36. The summed E-state index contributed by atoms with van der Waals surface area (Å²) in [6.45, 7) is 1.69. The van der Waals surface area contributed by atoms with Gasteiger partial charge >= 0.3 is 6.18 Å². The maximum Gasteiger partial charge on any atom is 0.420 e. The largest absolute Gasteiger partial charge is 0.495 e. The number of morpholine rings is 1. The van der Waals surface area contributed by atoms with Crippen LogP contribution in [0.25, 0.3) is 0 Å². The van der Waals surface area contributed by atoms with E-state index < -0.39 is 11.7 Å². The highest BCUT2D eigenvalue weighted by molar-refractivity contribution is 9.10. The van der Waals surface area contributed by atoms with Gasteiger partial charge in [-0.3, -0.25) is 0 Å². The SMILES string of the molecule is COc1c(Br)cc(C2CNCCO2)cc1C(F)(F)F. The van der Waals surface area contributed by atoms with Gasteiger partial charge in [-0.25, -0.2) is 0 Å². The lowest BCUT2D eigenvalue weighted by Crippen LogP contribution is -2.33. The minimum atomic E-state index is -4.47. The van der Waals surface area contributed by atoms with Crippen LogP contribution < -0.4 is 10.1 Å². The Kier molecular flexibility index (Phi) is 4.37.